The Bertz CT molecular complexity index is 924. The maximum Gasteiger partial charge on any atom is 0.153 e. The Hall–Kier alpha value is -3.34. The zero-order valence-corrected chi connectivity index (χ0v) is 13.8. The summed E-state index contributed by atoms with van der Waals surface area (Å²) in [5, 5.41) is 0. The molecule has 126 valence electrons. The molecule has 0 saturated carbocycles. The van der Waals surface area contributed by atoms with E-state index in [1.165, 1.54) is 7.11 Å². The molecule has 0 aliphatic heterocycles. The van der Waals surface area contributed by atoms with Gasteiger partial charge in [0.05, 0.1) is 32.3 Å². The lowest BCUT2D eigenvalue weighted by molar-refractivity contribution is 0.111. The molecule has 1 aromatic heterocycles. The summed E-state index contributed by atoms with van der Waals surface area (Å²) in [6.45, 7) is 0. The molecule has 0 aliphatic rings. The van der Waals surface area contributed by atoms with Gasteiger partial charge in [-0.15, -0.1) is 0 Å². The number of methoxy groups -OCH3 is 2. The minimum atomic E-state index is 0.442. The minimum Gasteiger partial charge on any atom is -0.497 e. The van der Waals surface area contributed by atoms with Crippen LogP contribution in [0.2, 0.25) is 0 Å². The Morgan fingerprint density at radius 3 is 2.24 bits per heavy atom. The maximum absolute atomic E-state index is 11.5. The fourth-order valence-corrected chi connectivity index (χ4v) is 2.73. The van der Waals surface area contributed by atoms with Crippen LogP contribution in [0.25, 0.3) is 22.3 Å². The highest BCUT2D eigenvalue weighted by molar-refractivity contribution is 5.94. The van der Waals surface area contributed by atoms with Gasteiger partial charge in [-0.05, 0) is 41.5 Å². The van der Waals surface area contributed by atoms with Crippen molar-refractivity contribution in [3.63, 3.8) is 0 Å². The van der Waals surface area contributed by atoms with Crippen LogP contribution in [0.1, 0.15) is 20.7 Å². The highest BCUT2D eigenvalue weighted by Crippen LogP contribution is 2.37. The predicted octanol–water partition coefficient (Wildman–Crippen LogP) is 4.26. The summed E-state index contributed by atoms with van der Waals surface area (Å²) >= 11 is 0. The van der Waals surface area contributed by atoms with Crippen LogP contribution < -0.4 is 9.47 Å². The molecule has 0 unspecified atom stereocenters. The lowest BCUT2D eigenvalue weighted by Gasteiger charge is -2.10. The maximum atomic E-state index is 11.5. The van der Waals surface area contributed by atoms with Crippen LogP contribution in [0, 0.1) is 0 Å². The van der Waals surface area contributed by atoms with Gasteiger partial charge in [-0.25, -0.2) is 0 Å². The van der Waals surface area contributed by atoms with Crippen LogP contribution in [0.5, 0.6) is 11.5 Å². The molecule has 0 spiro atoms. The first-order chi connectivity index (χ1) is 12.2. The van der Waals surface area contributed by atoms with Gasteiger partial charge in [0.1, 0.15) is 11.5 Å². The molecule has 0 fully saturated rings. The molecular formula is C20H16O5. The first-order valence-corrected chi connectivity index (χ1v) is 7.55. The summed E-state index contributed by atoms with van der Waals surface area (Å²) in [5.41, 5.74) is 3.98. The fraction of sp³-hybridized carbons (Fsp3) is 0.100. The summed E-state index contributed by atoms with van der Waals surface area (Å²) < 4.78 is 15.7. The van der Waals surface area contributed by atoms with E-state index < -0.39 is 0 Å². The van der Waals surface area contributed by atoms with E-state index >= 15 is 0 Å². The molecule has 3 rings (SSSR count). The Kier molecular flexibility index (Phi) is 4.66. The molecule has 0 atom stereocenters. The lowest BCUT2D eigenvalue weighted by atomic mass is 9.95. The third kappa shape index (κ3) is 3.04. The molecule has 25 heavy (non-hydrogen) atoms. The Labute approximate surface area is 144 Å². The molecule has 3 aromatic rings. The Morgan fingerprint density at radius 1 is 0.800 bits per heavy atom. The van der Waals surface area contributed by atoms with E-state index in [9.17, 15) is 9.59 Å². The smallest absolute Gasteiger partial charge is 0.153 e. The topological polar surface area (TPSA) is 65.7 Å². The highest BCUT2D eigenvalue weighted by atomic mass is 16.5. The molecule has 2 aromatic carbocycles. The first-order valence-electron chi connectivity index (χ1n) is 7.55. The van der Waals surface area contributed by atoms with Crippen LogP contribution in [-0.4, -0.2) is 26.8 Å². The first kappa shape index (κ1) is 16.5. The highest BCUT2D eigenvalue weighted by Gasteiger charge is 2.15. The molecule has 5 heteroatoms. The second-order valence-corrected chi connectivity index (χ2v) is 5.34. The van der Waals surface area contributed by atoms with Crippen LogP contribution in [0.3, 0.4) is 0 Å². The van der Waals surface area contributed by atoms with Crippen LogP contribution in [-0.2, 0) is 0 Å². The summed E-state index contributed by atoms with van der Waals surface area (Å²) in [6, 6.07) is 10.5. The molecule has 0 radical (unpaired) electrons. The monoisotopic (exact) mass is 336 g/mol. The van der Waals surface area contributed by atoms with Gasteiger partial charge in [-0.3, -0.25) is 9.59 Å². The van der Waals surface area contributed by atoms with E-state index in [-0.39, 0.29) is 0 Å². The van der Waals surface area contributed by atoms with Crippen molar-refractivity contribution in [3.05, 3.63) is 60.1 Å². The number of carbonyl (C=O) groups excluding carboxylic acids is 2. The van der Waals surface area contributed by atoms with E-state index in [1.54, 1.807) is 50.0 Å². The Morgan fingerprint density at radius 2 is 1.56 bits per heavy atom. The molecule has 0 bridgehead atoms. The molecular weight excluding hydrogens is 320 g/mol. The summed E-state index contributed by atoms with van der Waals surface area (Å²) in [7, 11) is 3.06. The average Bonchev–Trinajstić information content (AvgIpc) is 3.16. The van der Waals surface area contributed by atoms with Crippen LogP contribution in [0.15, 0.2) is 53.3 Å². The lowest BCUT2D eigenvalue weighted by Crippen LogP contribution is -1.93. The van der Waals surface area contributed by atoms with E-state index in [0.717, 1.165) is 34.8 Å². The number of benzene rings is 2. The Balaban J connectivity index is 2.13. The largest absolute Gasteiger partial charge is 0.497 e. The van der Waals surface area contributed by atoms with Gasteiger partial charge in [0, 0.05) is 16.7 Å². The molecule has 5 nitrogen and oxygen atoms in total. The van der Waals surface area contributed by atoms with Crippen molar-refractivity contribution in [1.82, 2.24) is 0 Å². The predicted molar refractivity (Wildman–Crippen MR) is 93.5 cm³/mol. The van der Waals surface area contributed by atoms with Crippen molar-refractivity contribution in [1.29, 1.82) is 0 Å². The van der Waals surface area contributed by atoms with Crippen LogP contribution >= 0.6 is 0 Å². The van der Waals surface area contributed by atoms with Crippen molar-refractivity contribution in [3.8, 4) is 33.8 Å². The van der Waals surface area contributed by atoms with Crippen LogP contribution in [0.4, 0.5) is 0 Å². The summed E-state index contributed by atoms with van der Waals surface area (Å²) in [4.78, 5) is 22.7. The van der Waals surface area contributed by atoms with Gasteiger partial charge in [0.25, 0.3) is 0 Å². The van der Waals surface area contributed by atoms with Gasteiger partial charge < -0.3 is 13.9 Å². The zero-order chi connectivity index (χ0) is 17.8. The van der Waals surface area contributed by atoms with Gasteiger partial charge in [0.15, 0.2) is 12.6 Å². The van der Waals surface area contributed by atoms with Gasteiger partial charge in [-0.1, -0.05) is 6.07 Å². The number of hydrogen-bond donors (Lipinski definition) is 0. The molecule has 0 aliphatic carbocycles. The molecule has 0 N–H and O–H groups in total. The number of rotatable bonds is 6. The summed E-state index contributed by atoms with van der Waals surface area (Å²) in [6.07, 6.45) is 4.69. The molecule has 0 saturated heterocycles. The quantitative estimate of drug-likeness (QED) is 0.629. The standard InChI is InChI=1S/C20H16O5/c1-23-16-4-5-17(14(8-16)9-21)19-12-25-11-18(19)13-3-6-20(24-2)15(7-13)10-22/h3-12H,1-2H3. The second-order valence-electron chi connectivity index (χ2n) is 5.34. The van der Waals surface area contributed by atoms with Crippen molar-refractivity contribution in [2.24, 2.45) is 0 Å². The van der Waals surface area contributed by atoms with Crippen molar-refractivity contribution < 1.29 is 23.5 Å². The van der Waals surface area contributed by atoms with Crippen molar-refractivity contribution in [2.45, 2.75) is 0 Å². The van der Waals surface area contributed by atoms with Gasteiger partial charge >= 0.3 is 0 Å². The fourth-order valence-electron chi connectivity index (χ4n) is 2.73. The summed E-state index contributed by atoms with van der Waals surface area (Å²) in [5.74, 6) is 1.10. The van der Waals surface area contributed by atoms with E-state index in [0.29, 0.717) is 22.6 Å². The SMILES string of the molecule is COc1ccc(-c2cocc2-c2ccc(OC)c(C=O)c2)c(C=O)c1. The number of carbonyl (C=O) groups is 2. The molecule has 0 amide bonds. The average molecular weight is 336 g/mol. The number of furan rings is 1. The third-order valence-electron chi connectivity index (χ3n) is 4.01. The van der Waals surface area contributed by atoms with E-state index in [4.69, 9.17) is 13.9 Å². The van der Waals surface area contributed by atoms with E-state index in [2.05, 4.69) is 0 Å². The van der Waals surface area contributed by atoms with Crippen molar-refractivity contribution >= 4 is 12.6 Å². The third-order valence-corrected chi connectivity index (χ3v) is 4.01. The number of hydrogen-bond acceptors (Lipinski definition) is 5. The minimum absolute atomic E-state index is 0.442. The van der Waals surface area contributed by atoms with Gasteiger partial charge in [0.2, 0.25) is 0 Å². The van der Waals surface area contributed by atoms with Gasteiger partial charge in [-0.2, -0.15) is 0 Å². The van der Waals surface area contributed by atoms with E-state index in [1.807, 2.05) is 6.07 Å². The second kappa shape index (κ2) is 7.05. The van der Waals surface area contributed by atoms with Crippen molar-refractivity contribution in [2.75, 3.05) is 14.2 Å². The number of ether oxygens (including phenoxy) is 2. The normalized spacial score (nSPS) is 10.3. The zero-order valence-electron chi connectivity index (χ0n) is 13.8. The molecule has 1 heterocycles. The number of aldehydes is 2.